The second kappa shape index (κ2) is 5.45. The number of aromatic nitrogens is 2. The maximum atomic E-state index is 5.94. The SMILES string of the molecule is Cn1c(-c2ccc(Cl)cc2)cnc1SCC1(C)CCC1. The summed E-state index contributed by atoms with van der Waals surface area (Å²) in [5.74, 6) is 1.16. The zero-order valence-corrected chi connectivity index (χ0v) is 13.5. The zero-order valence-electron chi connectivity index (χ0n) is 11.9. The van der Waals surface area contributed by atoms with Crippen LogP contribution in [0.15, 0.2) is 35.6 Å². The van der Waals surface area contributed by atoms with Crippen LogP contribution >= 0.6 is 23.4 Å². The van der Waals surface area contributed by atoms with Gasteiger partial charge in [-0.1, -0.05) is 48.8 Å². The first kappa shape index (κ1) is 14.0. The largest absolute Gasteiger partial charge is 0.322 e. The van der Waals surface area contributed by atoms with Crippen LogP contribution in [0.5, 0.6) is 0 Å². The summed E-state index contributed by atoms with van der Waals surface area (Å²) in [6.45, 7) is 2.38. The molecule has 0 aliphatic heterocycles. The molecular weight excluding hydrogens is 288 g/mol. The molecule has 0 unspecified atom stereocenters. The minimum Gasteiger partial charge on any atom is -0.322 e. The van der Waals surface area contributed by atoms with Gasteiger partial charge in [-0.2, -0.15) is 0 Å². The van der Waals surface area contributed by atoms with Gasteiger partial charge in [-0.25, -0.2) is 4.98 Å². The molecule has 4 heteroatoms. The molecule has 2 aromatic rings. The monoisotopic (exact) mass is 306 g/mol. The van der Waals surface area contributed by atoms with E-state index in [-0.39, 0.29) is 0 Å². The molecule has 2 nitrogen and oxygen atoms in total. The van der Waals surface area contributed by atoms with E-state index in [4.69, 9.17) is 11.6 Å². The summed E-state index contributed by atoms with van der Waals surface area (Å²) in [7, 11) is 2.09. The van der Waals surface area contributed by atoms with Gasteiger partial charge in [0.15, 0.2) is 5.16 Å². The third kappa shape index (κ3) is 2.75. The minimum absolute atomic E-state index is 0.525. The van der Waals surface area contributed by atoms with Crippen molar-refractivity contribution >= 4 is 23.4 Å². The second-order valence-electron chi connectivity index (χ2n) is 5.94. The van der Waals surface area contributed by atoms with Crippen LogP contribution in [0, 0.1) is 5.41 Å². The molecular formula is C16H19ClN2S. The fraction of sp³-hybridized carbons (Fsp3) is 0.438. The van der Waals surface area contributed by atoms with E-state index in [0.29, 0.717) is 5.41 Å². The number of hydrogen-bond donors (Lipinski definition) is 0. The van der Waals surface area contributed by atoms with E-state index in [0.717, 1.165) is 27.2 Å². The molecule has 0 bridgehead atoms. The number of thioether (sulfide) groups is 1. The molecule has 0 amide bonds. The quantitative estimate of drug-likeness (QED) is 0.738. The van der Waals surface area contributed by atoms with Crippen molar-refractivity contribution in [3.63, 3.8) is 0 Å². The Morgan fingerprint density at radius 2 is 2.00 bits per heavy atom. The zero-order chi connectivity index (χ0) is 14.2. The summed E-state index contributed by atoms with van der Waals surface area (Å²) in [6.07, 6.45) is 6.05. The lowest BCUT2D eigenvalue weighted by Gasteiger charge is -2.37. The molecule has 3 rings (SSSR count). The standard InChI is InChI=1S/C16H19ClN2S/c1-16(8-3-9-16)11-20-15-18-10-14(19(15)2)12-4-6-13(17)7-5-12/h4-7,10H,3,8-9,11H2,1-2H3. The average molecular weight is 307 g/mol. The Labute approximate surface area is 129 Å². The molecule has 1 aliphatic carbocycles. The maximum Gasteiger partial charge on any atom is 0.168 e. The Kier molecular flexibility index (Phi) is 3.83. The van der Waals surface area contributed by atoms with Gasteiger partial charge in [-0.05, 0) is 36.0 Å². The molecule has 1 fully saturated rings. The van der Waals surface area contributed by atoms with Crippen molar-refractivity contribution in [1.29, 1.82) is 0 Å². The molecule has 0 N–H and O–H groups in total. The van der Waals surface area contributed by atoms with E-state index in [1.807, 2.05) is 42.2 Å². The normalized spacial score (nSPS) is 16.9. The molecule has 0 saturated heterocycles. The maximum absolute atomic E-state index is 5.94. The van der Waals surface area contributed by atoms with E-state index in [9.17, 15) is 0 Å². The van der Waals surface area contributed by atoms with Crippen molar-refractivity contribution in [3.8, 4) is 11.3 Å². The lowest BCUT2D eigenvalue weighted by molar-refractivity contribution is 0.197. The van der Waals surface area contributed by atoms with Crippen molar-refractivity contribution < 1.29 is 0 Å². The van der Waals surface area contributed by atoms with Crippen LogP contribution in [0.25, 0.3) is 11.3 Å². The van der Waals surface area contributed by atoms with Crippen molar-refractivity contribution in [1.82, 2.24) is 9.55 Å². The summed E-state index contributed by atoms with van der Waals surface area (Å²) in [6, 6.07) is 7.93. The molecule has 1 heterocycles. The van der Waals surface area contributed by atoms with Gasteiger partial charge in [-0.3, -0.25) is 0 Å². The lowest BCUT2D eigenvalue weighted by Crippen LogP contribution is -2.28. The second-order valence-corrected chi connectivity index (χ2v) is 7.32. The Balaban J connectivity index is 1.76. The number of rotatable bonds is 4. The van der Waals surface area contributed by atoms with Gasteiger partial charge in [0.2, 0.25) is 0 Å². The highest BCUT2D eigenvalue weighted by Gasteiger charge is 2.32. The molecule has 1 aromatic carbocycles. The predicted molar refractivity (Wildman–Crippen MR) is 86.3 cm³/mol. The van der Waals surface area contributed by atoms with E-state index < -0.39 is 0 Å². The number of hydrogen-bond acceptors (Lipinski definition) is 2. The first-order chi connectivity index (χ1) is 9.57. The number of nitrogens with zero attached hydrogens (tertiary/aromatic N) is 2. The van der Waals surface area contributed by atoms with Gasteiger partial charge >= 0.3 is 0 Å². The van der Waals surface area contributed by atoms with Crippen molar-refractivity contribution in [2.45, 2.75) is 31.3 Å². The van der Waals surface area contributed by atoms with Gasteiger partial charge in [0.05, 0.1) is 11.9 Å². The summed E-state index contributed by atoms with van der Waals surface area (Å²) in [5, 5.41) is 1.87. The molecule has 0 atom stereocenters. The van der Waals surface area contributed by atoms with Crippen LogP contribution in [0.2, 0.25) is 5.02 Å². The Bertz CT molecular complexity index is 599. The van der Waals surface area contributed by atoms with Gasteiger partial charge in [-0.15, -0.1) is 0 Å². The molecule has 20 heavy (non-hydrogen) atoms. The van der Waals surface area contributed by atoms with E-state index in [1.54, 1.807) is 0 Å². The first-order valence-electron chi connectivity index (χ1n) is 6.98. The molecule has 1 aliphatic rings. The summed E-state index contributed by atoms with van der Waals surface area (Å²) in [4.78, 5) is 4.57. The van der Waals surface area contributed by atoms with Crippen molar-refractivity contribution in [2.24, 2.45) is 12.5 Å². The third-order valence-corrected chi connectivity index (χ3v) is 5.93. The number of halogens is 1. The molecule has 1 aromatic heterocycles. The minimum atomic E-state index is 0.525. The van der Waals surface area contributed by atoms with Crippen LogP contribution in [0.3, 0.4) is 0 Å². The van der Waals surface area contributed by atoms with Crippen LogP contribution < -0.4 is 0 Å². The summed E-state index contributed by atoms with van der Waals surface area (Å²) >= 11 is 7.81. The van der Waals surface area contributed by atoms with Crippen LogP contribution in [-0.4, -0.2) is 15.3 Å². The fourth-order valence-electron chi connectivity index (χ4n) is 2.58. The lowest BCUT2D eigenvalue weighted by atomic mass is 9.72. The fourth-order valence-corrected chi connectivity index (χ4v) is 3.89. The van der Waals surface area contributed by atoms with Gasteiger partial charge < -0.3 is 4.57 Å². The smallest absolute Gasteiger partial charge is 0.168 e. The highest BCUT2D eigenvalue weighted by molar-refractivity contribution is 7.99. The van der Waals surface area contributed by atoms with Crippen molar-refractivity contribution in [2.75, 3.05) is 5.75 Å². The Morgan fingerprint density at radius 1 is 1.30 bits per heavy atom. The van der Waals surface area contributed by atoms with Gasteiger partial charge in [0.25, 0.3) is 0 Å². The van der Waals surface area contributed by atoms with Gasteiger partial charge in [0, 0.05) is 17.8 Å². The predicted octanol–water partition coefficient (Wildman–Crippen LogP) is 5.02. The average Bonchev–Trinajstić information content (AvgIpc) is 2.77. The highest BCUT2D eigenvalue weighted by atomic mass is 35.5. The number of benzene rings is 1. The van der Waals surface area contributed by atoms with Crippen LogP contribution in [-0.2, 0) is 7.05 Å². The first-order valence-corrected chi connectivity index (χ1v) is 8.34. The molecule has 106 valence electrons. The van der Waals surface area contributed by atoms with Crippen LogP contribution in [0.4, 0.5) is 0 Å². The van der Waals surface area contributed by atoms with E-state index >= 15 is 0 Å². The molecule has 0 radical (unpaired) electrons. The summed E-state index contributed by atoms with van der Waals surface area (Å²) < 4.78 is 2.18. The Hall–Kier alpha value is -0.930. The molecule has 1 saturated carbocycles. The van der Waals surface area contributed by atoms with Crippen molar-refractivity contribution in [3.05, 3.63) is 35.5 Å². The van der Waals surface area contributed by atoms with E-state index in [2.05, 4.69) is 23.5 Å². The number of imidazole rings is 1. The molecule has 0 spiro atoms. The van der Waals surface area contributed by atoms with E-state index in [1.165, 1.54) is 19.3 Å². The summed E-state index contributed by atoms with van der Waals surface area (Å²) in [5.41, 5.74) is 2.82. The highest BCUT2D eigenvalue weighted by Crippen LogP contribution is 2.44. The third-order valence-electron chi connectivity index (χ3n) is 4.20. The van der Waals surface area contributed by atoms with Gasteiger partial charge in [0.1, 0.15) is 0 Å². The topological polar surface area (TPSA) is 17.8 Å². The van der Waals surface area contributed by atoms with Crippen LogP contribution in [0.1, 0.15) is 26.2 Å². The Morgan fingerprint density at radius 3 is 2.60 bits per heavy atom.